The van der Waals surface area contributed by atoms with Crippen molar-refractivity contribution in [3.05, 3.63) is 33.4 Å². The van der Waals surface area contributed by atoms with Gasteiger partial charge in [-0.25, -0.2) is 0 Å². The first-order valence-electron chi connectivity index (χ1n) is 10.0. The van der Waals surface area contributed by atoms with Crippen molar-refractivity contribution in [3.8, 4) is 0 Å². The van der Waals surface area contributed by atoms with Crippen molar-refractivity contribution in [3.63, 3.8) is 0 Å². The van der Waals surface area contributed by atoms with Gasteiger partial charge in [-0.1, -0.05) is 83.4 Å². The fourth-order valence-corrected chi connectivity index (χ4v) is 4.33. The number of carbonyl (C=O) groups is 1. The summed E-state index contributed by atoms with van der Waals surface area (Å²) in [6.07, 6.45) is 12.7. The lowest BCUT2D eigenvalue weighted by atomic mass is 9.88. The Bertz CT molecular complexity index is 487. The first-order chi connectivity index (χ1) is 12.0. The van der Waals surface area contributed by atoms with Gasteiger partial charge >= 0.3 is 5.97 Å². The van der Waals surface area contributed by atoms with Crippen LogP contribution in [0.3, 0.4) is 0 Å². The van der Waals surface area contributed by atoms with E-state index in [1.165, 1.54) is 60.5 Å². The van der Waals surface area contributed by atoms with Crippen LogP contribution in [-0.4, -0.2) is 11.1 Å². The van der Waals surface area contributed by atoms with Gasteiger partial charge in [0, 0.05) is 9.99 Å². The van der Waals surface area contributed by atoms with Gasteiger partial charge in [0.1, 0.15) is 0 Å². The lowest BCUT2D eigenvalue weighted by molar-refractivity contribution is -0.137. The molecule has 0 fully saturated rings. The molecule has 0 bridgehead atoms. The Morgan fingerprint density at radius 3 is 2.28 bits per heavy atom. The van der Waals surface area contributed by atoms with Crippen molar-refractivity contribution >= 4 is 28.6 Å². The van der Waals surface area contributed by atoms with Crippen LogP contribution in [0.15, 0.2) is 24.3 Å². The molecule has 0 amide bonds. The number of carboxylic acid groups (broad SMARTS) is 1. The van der Waals surface area contributed by atoms with Crippen LogP contribution >= 0.6 is 22.6 Å². The number of rotatable bonds is 14. The second-order valence-corrected chi connectivity index (χ2v) is 8.55. The normalized spacial score (nSPS) is 13.6. The highest BCUT2D eigenvalue weighted by Crippen LogP contribution is 2.31. The third kappa shape index (κ3) is 10.2. The Morgan fingerprint density at radius 1 is 1.00 bits per heavy atom. The summed E-state index contributed by atoms with van der Waals surface area (Å²) < 4.78 is 1.26. The third-order valence-corrected chi connectivity index (χ3v) is 6.08. The molecule has 25 heavy (non-hydrogen) atoms. The van der Waals surface area contributed by atoms with Crippen molar-refractivity contribution in [1.29, 1.82) is 0 Å². The maximum absolute atomic E-state index is 11.0. The Balaban J connectivity index is 2.38. The number of unbranched alkanes of at least 4 members (excludes halogenated alkanes) is 4. The van der Waals surface area contributed by atoms with E-state index in [2.05, 4.69) is 60.7 Å². The van der Waals surface area contributed by atoms with E-state index in [-0.39, 0.29) is 6.42 Å². The van der Waals surface area contributed by atoms with Crippen LogP contribution in [0.2, 0.25) is 0 Å². The molecule has 1 N–H and O–H groups in total. The molecule has 2 unspecified atom stereocenters. The SMILES string of the molecule is CCCCCCC(C)CCCCC(CCC(=O)O)c1ccccc1I. The van der Waals surface area contributed by atoms with E-state index < -0.39 is 5.97 Å². The van der Waals surface area contributed by atoms with Crippen LogP contribution in [-0.2, 0) is 4.79 Å². The number of benzene rings is 1. The van der Waals surface area contributed by atoms with Crippen LogP contribution in [0.25, 0.3) is 0 Å². The van der Waals surface area contributed by atoms with Gasteiger partial charge in [0.05, 0.1) is 0 Å². The van der Waals surface area contributed by atoms with E-state index in [4.69, 9.17) is 5.11 Å². The van der Waals surface area contributed by atoms with Crippen LogP contribution in [0.1, 0.15) is 96.0 Å². The average molecular weight is 458 g/mol. The monoisotopic (exact) mass is 458 g/mol. The summed E-state index contributed by atoms with van der Waals surface area (Å²) in [6.45, 7) is 4.64. The molecular formula is C22H35IO2. The molecule has 0 spiro atoms. The maximum atomic E-state index is 11.0. The Kier molecular flexibility index (Phi) is 12.2. The highest BCUT2D eigenvalue weighted by molar-refractivity contribution is 14.1. The second kappa shape index (κ2) is 13.6. The van der Waals surface area contributed by atoms with Gasteiger partial charge in [0.25, 0.3) is 0 Å². The molecule has 0 radical (unpaired) electrons. The molecule has 0 aliphatic rings. The highest BCUT2D eigenvalue weighted by Gasteiger charge is 2.16. The number of aliphatic carboxylic acids is 1. The molecule has 142 valence electrons. The fourth-order valence-electron chi connectivity index (χ4n) is 3.51. The molecule has 2 atom stereocenters. The Morgan fingerprint density at radius 2 is 1.64 bits per heavy atom. The van der Waals surface area contributed by atoms with Gasteiger partial charge in [-0.15, -0.1) is 0 Å². The summed E-state index contributed by atoms with van der Waals surface area (Å²) >= 11 is 2.38. The molecule has 1 aromatic carbocycles. The summed E-state index contributed by atoms with van der Waals surface area (Å²) in [5.74, 6) is 0.520. The summed E-state index contributed by atoms with van der Waals surface area (Å²) in [5, 5.41) is 9.04. The number of halogens is 1. The predicted molar refractivity (Wildman–Crippen MR) is 115 cm³/mol. The zero-order chi connectivity index (χ0) is 18.5. The summed E-state index contributed by atoms with van der Waals surface area (Å²) in [7, 11) is 0. The van der Waals surface area contributed by atoms with Gasteiger partial charge in [-0.2, -0.15) is 0 Å². The third-order valence-electron chi connectivity index (χ3n) is 5.10. The van der Waals surface area contributed by atoms with Crippen LogP contribution in [0, 0.1) is 9.49 Å². The predicted octanol–water partition coefficient (Wildman–Crippen LogP) is 7.41. The van der Waals surface area contributed by atoms with Crippen molar-refractivity contribution in [1.82, 2.24) is 0 Å². The molecule has 0 heterocycles. The van der Waals surface area contributed by atoms with E-state index in [0.29, 0.717) is 5.92 Å². The fraction of sp³-hybridized carbons (Fsp3) is 0.682. The number of carboxylic acids is 1. The Labute approximate surface area is 167 Å². The molecule has 0 aliphatic carbocycles. The summed E-state index contributed by atoms with van der Waals surface area (Å²) in [5.41, 5.74) is 1.33. The van der Waals surface area contributed by atoms with Crippen molar-refractivity contribution < 1.29 is 9.90 Å². The summed E-state index contributed by atoms with van der Waals surface area (Å²) in [4.78, 5) is 11.0. The van der Waals surface area contributed by atoms with Gasteiger partial charge in [0.15, 0.2) is 0 Å². The van der Waals surface area contributed by atoms with Crippen molar-refractivity contribution in [2.75, 3.05) is 0 Å². The largest absolute Gasteiger partial charge is 0.481 e. The van der Waals surface area contributed by atoms with Gasteiger partial charge in [-0.3, -0.25) is 4.79 Å². The lowest BCUT2D eigenvalue weighted by Gasteiger charge is -2.19. The van der Waals surface area contributed by atoms with Crippen LogP contribution < -0.4 is 0 Å². The van der Waals surface area contributed by atoms with Crippen molar-refractivity contribution in [2.24, 2.45) is 5.92 Å². The van der Waals surface area contributed by atoms with E-state index in [9.17, 15) is 4.79 Å². The molecule has 0 aromatic heterocycles. The quantitative estimate of drug-likeness (QED) is 0.233. The molecule has 1 rings (SSSR count). The minimum atomic E-state index is -0.684. The van der Waals surface area contributed by atoms with E-state index in [1.54, 1.807) is 0 Å². The molecule has 0 aliphatic heterocycles. The maximum Gasteiger partial charge on any atom is 0.303 e. The van der Waals surface area contributed by atoms with Gasteiger partial charge in [-0.05, 0) is 58.9 Å². The molecule has 2 nitrogen and oxygen atoms in total. The molecule has 1 aromatic rings. The minimum absolute atomic E-state index is 0.267. The Hall–Kier alpha value is -0.580. The van der Waals surface area contributed by atoms with Crippen molar-refractivity contribution in [2.45, 2.75) is 90.4 Å². The second-order valence-electron chi connectivity index (χ2n) is 7.39. The molecular weight excluding hydrogens is 423 g/mol. The average Bonchev–Trinajstić information content (AvgIpc) is 2.59. The van der Waals surface area contributed by atoms with E-state index >= 15 is 0 Å². The van der Waals surface area contributed by atoms with Crippen LogP contribution in [0.5, 0.6) is 0 Å². The smallest absolute Gasteiger partial charge is 0.303 e. The lowest BCUT2D eigenvalue weighted by Crippen LogP contribution is -2.06. The molecule has 0 saturated heterocycles. The van der Waals surface area contributed by atoms with Gasteiger partial charge in [0.2, 0.25) is 0 Å². The zero-order valence-corrected chi connectivity index (χ0v) is 18.1. The molecule has 3 heteroatoms. The topological polar surface area (TPSA) is 37.3 Å². The number of hydrogen-bond acceptors (Lipinski definition) is 1. The van der Waals surface area contributed by atoms with Crippen LogP contribution in [0.4, 0.5) is 0 Å². The minimum Gasteiger partial charge on any atom is -0.481 e. The highest BCUT2D eigenvalue weighted by atomic mass is 127. The molecule has 0 saturated carbocycles. The van der Waals surface area contributed by atoms with E-state index in [0.717, 1.165) is 18.8 Å². The van der Waals surface area contributed by atoms with Gasteiger partial charge < -0.3 is 5.11 Å². The van der Waals surface area contributed by atoms with E-state index in [1.807, 2.05) is 0 Å². The summed E-state index contributed by atoms with van der Waals surface area (Å²) in [6, 6.07) is 8.43. The zero-order valence-electron chi connectivity index (χ0n) is 16.0. The first kappa shape index (κ1) is 22.5. The first-order valence-corrected chi connectivity index (χ1v) is 11.1. The standard InChI is InChI=1S/C22H35IO2/c1-3-4-5-6-11-18(2)12-7-8-13-19(16-17-22(24)25)20-14-9-10-15-21(20)23/h9-10,14-15,18-19H,3-8,11-13,16-17H2,1-2H3,(H,24,25). The number of hydrogen-bond donors (Lipinski definition) is 1.